The fourth-order valence-corrected chi connectivity index (χ4v) is 3.97. The van der Waals surface area contributed by atoms with E-state index in [1.165, 1.54) is 32.1 Å². The Kier molecular flexibility index (Phi) is 3.74. The average Bonchev–Trinajstić information content (AvgIpc) is 3.06. The molecule has 0 spiro atoms. The number of nitriles is 1. The van der Waals surface area contributed by atoms with Gasteiger partial charge in [0.1, 0.15) is 0 Å². The van der Waals surface area contributed by atoms with E-state index in [2.05, 4.69) is 11.0 Å². The van der Waals surface area contributed by atoms with Crippen molar-refractivity contribution in [2.24, 2.45) is 5.92 Å². The molecule has 4 nitrogen and oxygen atoms in total. The summed E-state index contributed by atoms with van der Waals surface area (Å²) >= 11 is 0. The van der Waals surface area contributed by atoms with Crippen LogP contribution in [0.4, 0.5) is 0 Å². The largest absolute Gasteiger partial charge is 0.337 e. The molecule has 104 valence electrons. The first-order valence-corrected chi connectivity index (χ1v) is 7.71. The lowest BCUT2D eigenvalue weighted by Crippen LogP contribution is -2.41. The first-order chi connectivity index (χ1) is 9.28. The van der Waals surface area contributed by atoms with Crippen LogP contribution in [0.25, 0.3) is 0 Å². The number of hydrogen-bond acceptors (Lipinski definition) is 3. The van der Waals surface area contributed by atoms with Crippen molar-refractivity contribution < 1.29 is 4.79 Å². The quantitative estimate of drug-likeness (QED) is 0.761. The Morgan fingerprint density at radius 1 is 1.05 bits per heavy atom. The summed E-state index contributed by atoms with van der Waals surface area (Å²) in [6.45, 7) is 2.84. The monoisotopic (exact) mass is 261 g/mol. The van der Waals surface area contributed by atoms with E-state index >= 15 is 0 Å². The molecule has 1 amide bonds. The van der Waals surface area contributed by atoms with Crippen LogP contribution in [-0.4, -0.2) is 47.4 Å². The minimum Gasteiger partial charge on any atom is -0.337 e. The summed E-state index contributed by atoms with van der Waals surface area (Å²) in [5.74, 6) is 0.123. The third-order valence-electron chi connectivity index (χ3n) is 5.07. The zero-order valence-electron chi connectivity index (χ0n) is 11.6. The minimum absolute atomic E-state index is 0.0729. The van der Waals surface area contributed by atoms with Gasteiger partial charge in [0, 0.05) is 38.1 Å². The van der Waals surface area contributed by atoms with Crippen molar-refractivity contribution in [2.45, 2.75) is 57.0 Å². The maximum atomic E-state index is 12.0. The number of amides is 1. The highest BCUT2D eigenvalue weighted by atomic mass is 16.2. The van der Waals surface area contributed by atoms with Gasteiger partial charge in [-0.25, -0.2) is 0 Å². The summed E-state index contributed by atoms with van der Waals surface area (Å²) in [5, 5.41) is 8.96. The van der Waals surface area contributed by atoms with Crippen molar-refractivity contribution in [2.75, 3.05) is 19.6 Å². The van der Waals surface area contributed by atoms with Crippen LogP contribution < -0.4 is 0 Å². The van der Waals surface area contributed by atoms with Crippen molar-refractivity contribution in [3.05, 3.63) is 0 Å². The van der Waals surface area contributed by atoms with Gasteiger partial charge in [-0.15, -0.1) is 0 Å². The molecule has 0 aromatic heterocycles. The maximum Gasteiger partial charge on any atom is 0.224 e. The van der Waals surface area contributed by atoms with E-state index in [1.54, 1.807) is 0 Å². The molecular formula is C15H23N3O. The van der Waals surface area contributed by atoms with Crippen LogP contribution >= 0.6 is 0 Å². The van der Waals surface area contributed by atoms with Gasteiger partial charge in [-0.1, -0.05) is 19.3 Å². The van der Waals surface area contributed by atoms with E-state index < -0.39 is 0 Å². The Morgan fingerprint density at radius 3 is 2.53 bits per heavy atom. The molecule has 0 bridgehead atoms. The number of likely N-dealkylation sites (tertiary alicyclic amines) is 2. The van der Waals surface area contributed by atoms with Crippen LogP contribution in [0.5, 0.6) is 0 Å². The van der Waals surface area contributed by atoms with Crippen molar-refractivity contribution in [1.82, 2.24) is 9.80 Å². The lowest BCUT2D eigenvalue weighted by atomic mass is 9.94. The molecule has 2 aliphatic heterocycles. The van der Waals surface area contributed by atoms with Gasteiger partial charge in [-0.05, 0) is 19.3 Å². The van der Waals surface area contributed by atoms with Gasteiger partial charge in [0.05, 0.1) is 12.0 Å². The second-order valence-corrected chi connectivity index (χ2v) is 6.31. The van der Waals surface area contributed by atoms with Crippen LogP contribution in [0, 0.1) is 17.2 Å². The summed E-state index contributed by atoms with van der Waals surface area (Å²) in [5.41, 5.74) is 0. The number of hydrogen-bond donors (Lipinski definition) is 0. The summed E-state index contributed by atoms with van der Waals surface area (Å²) in [6.07, 6.45) is 8.33. The second kappa shape index (κ2) is 5.50. The average molecular weight is 261 g/mol. The minimum atomic E-state index is -0.0729. The van der Waals surface area contributed by atoms with E-state index in [1.807, 2.05) is 4.90 Å². The van der Waals surface area contributed by atoms with E-state index in [0.717, 1.165) is 25.6 Å². The topological polar surface area (TPSA) is 47.3 Å². The number of carbonyl (C=O) groups excluding carboxylic acids is 1. The summed E-state index contributed by atoms with van der Waals surface area (Å²) in [6, 6.07) is 3.37. The van der Waals surface area contributed by atoms with Gasteiger partial charge in [0.25, 0.3) is 0 Å². The molecule has 3 fully saturated rings. The highest BCUT2D eigenvalue weighted by molar-refractivity contribution is 5.79. The molecule has 1 aliphatic carbocycles. The number of carbonyl (C=O) groups is 1. The predicted octanol–water partition coefficient (Wildman–Crippen LogP) is 1.77. The van der Waals surface area contributed by atoms with Gasteiger partial charge in [-0.2, -0.15) is 5.26 Å². The SMILES string of the molecule is N#CC1CC(=O)N(C2CCN(C3CCCCC3)C2)C1. The Labute approximate surface area is 115 Å². The van der Waals surface area contributed by atoms with Gasteiger partial charge >= 0.3 is 0 Å². The number of nitrogens with zero attached hydrogens (tertiary/aromatic N) is 3. The third-order valence-corrected chi connectivity index (χ3v) is 5.07. The van der Waals surface area contributed by atoms with Crippen LogP contribution in [-0.2, 0) is 4.79 Å². The molecule has 0 aromatic carbocycles. The lowest BCUT2D eigenvalue weighted by Gasteiger charge is -2.32. The Hall–Kier alpha value is -1.08. The zero-order valence-corrected chi connectivity index (χ0v) is 11.6. The van der Waals surface area contributed by atoms with Crippen molar-refractivity contribution in [1.29, 1.82) is 5.26 Å². The van der Waals surface area contributed by atoms with Crippen molar-refractivity contribution >= 4 is 5.91 Å². The van der Waals surface area contributed by atoms with E-state index in [0.29, 0.717) is 19.0 Å². The zero-order chi connectivity index (χ0) is 13.2. The summed E-state index contributed by atoms with van der Waals surface area (Å²) in [7, 11) is 0. The molecule has 0 N–H and O–H groups in total. The fraction of sp³-hybridized carbons (Fsp3) is 0.867. The molecule has 2 unspecified atom stereocenters. The molecule has 19 heavy (non-hydrogen) atoms. The van der Waals surface area contributed by atoms with Crippen molar-refractivity contribution in [3.63, 3.8) is 0 Å². The Balaban J connectivity index is 1.57. The molecule has 3 rings (SSSR count). The van der Waals surface area contributed by atoms with E-state index in [9.17, 15) is 4.79 Å². The molecule has 3 aliphatic rings. The first-order valence-electron chi connectivity index (χ1n) is 7.71. The van der Waals surface area contributed by atoms with Gasteiger partial charge < -0.3 is 4.90 Å². The highest BCUT2D eigenvalue weighted by Crippen LogP contribution is 2.29. The maximum absolute atomic E-state index is 12.0. The molecular weight excluding hydrogens is 238 g/mol. The van der Waals surface area contributed by atoms with Gasteiger partial charge in [0.15, 0.2) is 0 Å². The molecule has 2 saturated heterocycles. The summed E-state index contributed by atoms with van der Waals surface area (Å²) in [4.78, 5) is 16.5. The standard InChI is InChI=1S/C15H23N3O/c16-9-12-8-15(19)18(10-12)14-6-7-17(11-14)13-4-2-1-3-5-13/h12-14H,1-8,10-11H2. The van der Waals surface area contributed by atoms with Crippen LogP contribution in [0.3, 0.4) is 0 Å². The molecule has 0 radical (unpaired) electrons. The number of rotatable bonds is 2. The van der Waals surface area contributed by atoms with Crippen molar-refractivity contribution in [3.8, 4) is 6.07 Å². The van der Waals surface area contributed by atoms with Crippen LogP contribution in [0.1, 0.15) is 44.9 Å². The second-order valence-electron chi connectivity index (χ2n) is 6.31. The Bertz CT molecular complexity index is 383. The predicted molar refractivity (Wildman–Crippen MR) is 72.3 cm³/mol. The fourth-order valence-electron chi connectivity index (χ4n) is 3.97. The van der Waals surface area contributed by atoms with E-state index in [-0.39, 0.29) is 11.8 Å². The molecule has 2 heterocycles. The smallest absolute Gasteiger partial charge is 0.224 e. The van der Waals surface area contributed by atoms with E-state index in [4.69, 9.17) is 5.26 Å². The highest BCUT2D eigenvalue weighted by Gasteiger charge is 2.38. The molecule has 0 aromatic rings. The summed E-state index contributed by atoms with van der Waals surface area (Å²) < 4.78 is 0. The van der Waals surface area contributed by atoms with Gasteiger partial charge in [0.2, 0.25) is 5.91 Å². The van der Waals surface area contributed by atoms with Crippen LogP contribution in [0.15, 0.2) is 0 Å². The lowest BCUT2D eigenvalue weighted by molar-refractivity contribution is -0.129. The first kappa shape index (κ1) is 12.9. The molecule has 2 atom stereocenters. The molecule has 4 heteroatoms. The Morgan fingerprint density at radius 2 is 1.84 bits per heavy atom. The van der Waals surface area contributed by atoms with Crippen LogP contribution in [0.2, 0.25) is 0 Å². The third kappa shape index (κ3) is 2.62. The van der Waals surface area contributed by atoms with Gasteiger partial charge in [-0.3, -0.25) is 9.69 Å². The molecule has 1 saturated carbocycles. The normalized spacial score (nSPS) is 33.8.